The van der Waals surface area contributed by atoms with Gasteiger partial charge in [-0.2, -0.15) is 0 Å². The van der Waals surface area contributed by atoms with E-state index < -0.39 is 0 Å². The predicted molar refractivity (Wildman–Crippen MR) is 96.3 cm³/mol. The van der Waals surface area contributed by atoms with Crippen molar-refractivity contribution in [2.75, 3.05) is 24.5 Å². The molecule has 0 bridgehead atoms. The van der Waals surface area contributed by atoms with Crippen LogP contribution >= 0.6 is 0 Å². The van der Waals surface area contributed by atoms with Crippen molar-refractivity contribution >= 4 is 11.7 Å². The molecule has 1 aromatic heterocycles. The normalized spacial score (nSPS) is 29.4. The second-order valence-corrected chi connectivity index (χ2v) is 8.05. The Bertz CT molecular complexity index is 632. The lowest BCUT2D eigenvalue weighted by Gasteiger charge is -2.40. The molecule has 3 aliphatic rings. The largest absolute Gasteiger partial charge is 0.393 e. The number of aromatic nitrogens is 1. The average molecular weight is 342 g/mol. The van der Waals surface area contributed by atoms with Gasteiger partial charge >= 0.3 is 0 Å². The number of rotatable bonds is 2. The molecule has 0 atom stereocenters. The molecule has 5 heteroatoms. The van der Waals surface area contributed by atoms with Crippen LogP contribution in [0.2, 0.25) is 0 Å². The summed E-state index contributed by atoms with van der Waals surface area (Å²) in [5.74, 6) is 1.41. The Hall–Kier alpha value is -1.62. The minimum atomic E-state index is -0.162. The summed E-state index contributed by atoms with van der Waals surface area (Å²) >= 11 is 0. The molecule has 1 saturated carbocycles. The average Bonchev–Trinajstić information content (AvgIpc) is 2.94. The number of aliphatic hydroxyl groups is 1. The van der Waals surface area contributed by atoms with Crippen LogP contribution in [0.5, 0.6) is 0 Å². The number of aliphatic hydroxyl groups excluding tert-OH is 1. The number of pyridine rings is 1. The minimum Gasteiger partial charge on any atom is -0.393 e. The molecule has 1 radical (unpaired) electrons. The van der Waals surface area contributed by atoms with Gasteiger partial charge in [-0.15, -0.1) is 0 Å². The molecule has 2 aliphatic heterocycles. The van der Waals surface area contributed by atoms with Crippen molar-refractivity contribution in [1.29, 1.82) is 0 Å². The van der Waals surface area contributed by atoms with Crippen molar-refractivity contribution in [3.05, 3.63) is 23.9 Å². The number of hydrogen-bond acceptors (Lipinski definition) is 4. The lowest BCUT2D eigenvalue weighted by atomic mass is 9.77. The molecule has 0 unspecified atom stereocenters. The zero-order valence-corrected chi connectivity index (χ0v) is 15.1. The van der Waals surface area contributed by atoms with Crippen molar-refractivity contribution in [3.8, 4) is 0 Å². The van der Waals surface area contributed by atoms with Gasteiger partial charge in [-0.1, -0.05) is 0 Å². The Labute approximate surface area is 150 Å². The number of hydrogen-bond donors (Lipinski definition) is 1. The third-order valence-electron chi connectivity index (χ3n) is 6.59. The van der Waals surface area contributed by atoms with E-state index in [1.54, 1.807) is 6.20 Å². The van der Waals surface area contributed by atoms with Crippen LogP contribution in [0.3, 0.4) is 0 Å². The summed E-state index contributed by atoms with van der Waals surface area (Å²) in [5, 5.41) is 9.72. The maximum atomic E-state index is 13.2. The fourth-order valence-corrected chi connectivity index (χ4v) is 4.93. The summed E-state index contributed by atoms with van der Waals surface area (Å²) in [5.41, 5.74) is 1.00. The van der Waals surface area contributed by atoms with Crippen molar-refractivity contribution < 1.29 is 9.90 Å². The molecule has 3 heterocycles. The first kappa shape index (κ1) is 16.8. The van der Waals surface area contributed by atoms with E-state index in [1.807, 2.05) is 6.07 Å². The fourth-order valence-electron chi connectivity index (χ4n) is 4.93. The van der Waals surface area contributed by atoms with Gasteiger partial charge in [0.15, 0.2) is 0 Å². The summed E-state index contributed by atoms with van der Waals surface area (Å²) in [6, 6.07) is 5.35. The highest BCUT2D eigenvalue weighted by atomic mass is 16.3. The number of anilines is 1. The van der Waals surface area contributed by atoms with Crippen LogP contribution in [0.1, 0.15) is 50.5 Å². The fraction of sp³-hybridized carbons (Fsp3) is 0.700. The van der Waals surface area contributed by atoms with Crippen molar-refractivity contribution in [2.24, 2.45) is 5.41 Å². The second kappa shape index (κ2) is 6.60. The van der Waals surface area contributed by atoms with Gasteiger partial charge in [0.25, 0.3) is 0 Å². The zero-order chi connectivity index (χ0) is 17.4. The van der Waals surface area contributed by atoms with Crippen LogP contribution in [0.4, 0.5) is 5.82 Å². The lowest BCUT2D eigenvalue weighted by Crippen LogP contribution is -2.47. The predicted octanol–water partition coefficient (Wildman–Crippen LogP) is 2.31. The van der Waals surface area contributed by atoms with Gasteiger partial charge in [0, 0.05) is 37.9 Å². The van der Waals surface area contributed by atoms with Gasteiger partial charge in [0.2, 0.25) is 5.91 Å². The minimum absolute atomic E-state index is 0.151. The number of amides is 1. The smallest absolute Gasteiger partial charge is 0.229 e. The number of aryl methyl sites for hydroxylation is 1. The first-order valence-electron chi connectivity index (χ1n) is 9.66. The Balaban J connectivity index is 1.41. The van der Waals surface area contributed by atoms with E-state index in [4.69, 9.17) is 0 Å². The molecule has 1 aliphatic carbocycles. The highest BCUT2D eigenvalue weighted by Gasteiger charge is 2.50. The summed E-state index contributed by atoms with van der Waals surface area (Å²) in [6.45, 7) is 4.78. The molecule has 4 rings (SSSR count). The van der Waals surface area contributed by atoms with Crippen molar-refractivity contribution in [2.45, 2.75) is 64.0 Å². The number of nitrogens with zero attached hydrogens (tertiary/aromatic N) is 3. The van der Waals surface area contributed by atoms with E-state index in [1.165, 1.54) is 0 Å². The second-order valence-electron chi connectivity index (χ2n) is 8.05. The van der Waals surface area contributed by atoms with Crippen LogP contribution in [-0.4, -0.2) is 52.7 Å². The number of carbonyl (C=O) groups is 1. The van der Waals surface area contributed by atoms with Crippen molar-refractivity contribution in [3.63, 3.8) is 0 Å². The highest BCUT2D eigenvalue weighted by molar-refractivity contribution is 5.85. The summed E-state index contributed by atoms with van der Waals surface area (Å²) in [4.78, 5) is 22.1. The summed E-state index contributed by atoms with van der Waals surface area (Å²) in [7, 11) is 0. The first-order chi connectivity index (χ1) is 12.1. The van der Waals surface area contributed by atoms with Gasteiger partial charge < -0.3 is 14.9 Å². The number of piperidine rings is 1. The maximum absolute atomic E-state index is 13.2. The van der Waals surface area contributed by atoms with E-state index in [-0.39, 0.29) is 11.5 Å². The van der Waals surface area contributed by atoms with E-state index >= 15 is 0 Å². The molecule has 1 aromatic rings. The van der Waals surface area contributed by atoms with Crippen LogP contribution in [0, 0.1) is 18.4 Å². The van der Waals surface area contributed by atoms with E-state index in [2.05, 4.69) is 27.8 Å². The van der Waals surface area contributed by atoms with Crippen LogP contribution in [0.25, 0.3) is 0 Å². The third-order valence-corrected chi connectivity index (χ3v) is 6.59. The van der Waals surface area contributed by atoms with Crippen LogP contribution in [0.15, 0.2) is 12.3 Å². The first-order valence-corrected chi connectivity index (χ1v) is 9.66. The Morgan fingerprint density at radius 1 is 1.16 bits per heavy atom. The highest BCUT2D eigenvalue weighted by Crippen LogP contribution is 2.44. The molecule has 135 valence electrons. The maximum Gasteiger partial charge on any atom is 0.229 e. The summed E-state index contributed by atoms with van der Waals surface area (Å²) in [6.07, 6.45) is 8.01. The molecular weight excluding hydrogens is 314 g/mol. The zero-order valence-electron chi connectivity index (χ0n) is 15.1. The summed E-state index contributed by atoms with van der Waals surface area (Å²) < 4.78 is 0. The monoisotopic (exact) mass is 342 g/mol. The van der Waals surface area contributed by atoms with Gasteiger partial charge in [-0.25, -0.2) is 4.98 Å². The molecular formula is C20H28N3O2. The molecule has 25 heavy (non-hydrogen) atoms. The molecule has 5 nitrogen and oxygen atoms in total. The Morgan fingerprint density at radius 3 is 2.52 bits per heavy atom. The molecule has 1 spiro atoms. The lowest BCUT2D eigenvalue weighted by molar-refractivity contribution is -0.139. The molecule has 1 amide bonds. The van der Waals surface area contributed by atoms with Crippen LogP contribution in [-0.2, 0) is 4.79 Å². The topological polar surface area (TPSA) is 56.7 Å². The SMILES string of the molecule is Cc1c[c]cnc1N1CCC2(CC1)CCN(C1CCC(O)CC1)C2=O. The van der Waals surface area contributed by atoms with E-state index in [0.717, 1.165) is 76.0 Å². The molecule has 3 fully saturated rings. The number of carbonyl (C=O) groups excluding carboxylic acids is 1. The van der Waals surface area contributed by atoms with E-state index in [0.29, 0.717) is 11.9 Å². The van der Waals surface area contributed by atoms with Crippen LogP contribution < -0.4 is 4.90 Å². The van der Waals surface area contributed by atoms with Crippen molar-refractivity contribution in [1.82, 2.24) is 9.88 Å². The molecule has 1 N–H and O–H groups in total. The Kier molecular flexibility index (Phi) is 4.44. The quantitative estimate of drug-likeness (QED) is 0.896. The molecule has 2 saturated heterocycles. The van der Waals surface area contributed by atoms with Gasteiger partial charge in [-0.05, 0) is 63.5 Å². The Morgan fingerprint density at radius 2 is 1.84 bits per heavy atom. The van der Waals surface area contributed by atoms with Gasteiger partial charge in [-0.3, -0.25) is 4.79 Å². The number of likely N-dealkylation sites (tertiary alicyclic amines) is 1. The standard InChI is InChI=1S/C20H28N3O2/c1-15-3-2-11-21-18(15)22-12-8-20(9-13-22)10-14-23(19(20)25)16-4-6-17(24)7-5-16/h3,11,16-17,24H,4-10,12-14H2,1H3. The third kappa shape index (κ3) is 3.03. The van der Waals surface area contributed by atoms with E-state index in [9.17, 15) is 9.90 Å². The van der Waals surface area contributed by atoms with Gasteiger partial charge in [0.1, 0.15) is 5.82 Å². The van der Waals surface area contributed by atoms with Gasteiger partial charge in [0.05, 0.1) is 11.5 Å². The molecule has 0 aromatic carbocycles.